The molecule has 2 fully saturated rings. The number of carbonyl (C=O) groups is 3. The van der Waals surface area contributed by atoms with Crippen molar-refractivity contribution in [3.63, 3.8) is 0 Å². The number of aliphatic hydroxyl groups is 3. The molecule has 2 heterocycles. The number of carbonyl (C=O) groups excluding carboxylic acids is 3. The van der Waals surface area contributed by atoms with Crippen LogP contribution in [-0.4, -0.2) is 125 Å². The highest BCUT2D eigenvalue weighted by Crippen LogP contribution is 2.28. The van der Waals surface area contributed by atoms with Crippen molar-refractivity contribution in [1.29, 1.82) is 0 Å². The summed E-state index contributed by atoms with van der Waals surface area (Å²) in [5, 5.41) is 42.3. The molecule has 2 aliphatic heterocycles. The van der Waals surface area contributed by atoms with Crippen molar-refractivity contribution in [2.24, 2.45) is 5.73 Å². The third-order valence-corrected chi connectivity index (χ3v) is 7.80. The molecule has 1 aromatic carbocycles. The molecule has 1 aromatic rings. The van der Waals surface area contributed by atoms with Gasteiger partial charge < -0.3 is 55.4 Å². The molecule has 2 saturated heterocycles. The van der Waals surface area contributed by atoms with Crippen LogP contribution in [0.5, 0.6) is 5.75 Å². The molecule has 3 amide bonds. The average molecular weight is 661 g/mol. The van der Waals surface area contributed by atoms with Crippen molar-refractivity contribution in [3.05, 3.63) is 29.3 Å². The van der Waals surface area contributed by atoms with Gasteiger partial charge in [-0.2, -0.15) is 0 Å². The van der Waals surface area contributed by atoms with Crippen LogP contribution in [0, 0.1) is 0 Å². The van der Waals surface area contributed by atoms with Crippen LogP contribution in [0.4, 0.5) is 4.79 Å². The predicted octanol–water partition coefficient (Wildman–Crippen LogP) is -0.164. The van der Waals surface area contributed by atoms with E-state index < -0.39 is 36.8 Å². The third-order valence-electron chi connectivity index (χ3n) is 7.32. The minimum absolute atomic E-state index is 0.0521. The summed E-state index contributed by atoms with van der Waals surface area (Å²) >= 11 is 0.783. The molecule has 45 heavy (non-hydrogen) atoms. The van der Waals surface area contributed by atoms with Crippen LogP contribution in [0.2, 0.25) is 0 Å². The Morgan fingerprint density at radius 3 is 2.69 bits per heavy atom. The summed E-state index contributed by atoms with van der Waals surface area (Å²) in [6.07, 6.45) is -4.41. The van der Waals surface area contributed by atoms with Crippen molar-refractivity contribution in [3.8, 4) is 5.75 Å². The molecule has 2 aliphatic rings. The molecule has 0 bridgehead atoms. The molecule has 0 aliphatic carbocycles. The molecule has 2 unspecified atom stereocenters. The van der Waals surface area contributed by atoms with Crippen LogP contribution >= 0.6 is 12.2 Å². The Labute approximate surface area is 266 Å². The zero-order valence-corrected chi connectivity index (χ0v) is 26.2. The fourth-order valence-electron chi connectivity index (χ4n) is 4.87. The van der Waals surface area contributed by atoms with Gasteiger partial charge in [-0.05, 0) is 44.2 Å². The number of hydrogen-bond acceptors (Lipinski definition) is 14. The van der Waals surface area contributed by atoms with Gasteiger partial charge in [-0.3, -0.25) is 13.8 Å². The quantitative estimate of drug-likeness (QED) is 0.0521. The van der Waals surface area contributed by atoms with Gasteiger partial charge in [0.25, 0.3) is 0 Å². The second-order valence-corrected chi connectivity index (χ2v) is 11.7. The van der Waals surface area contributed by atoms with Crippen LogP contribution in [0.3, 0.4) is 0 Å². The molecule has 254 valence electrons. The topological polar surface area (TPSA) is 223 Å². The lowest BCUT2D eigenvalue weighted by molar-refractivity contribution is -0.268. The normalized spacial score (nSPS) is 25.0. The van der Waals surface area contributed by atoms with E-state index in [1.54, 1.807) is 12.1 Å². The second kappa shape index (κ2) is 18.4. The Bertz CT molecular complexity index is 1120. The van der Waals surface area contributed by atoms with Gasteiger partial charge in [0.1, 0.15) is 42.9 Å². The first-order chi connectivity index (χ1) is 21.5. The van der Waals surface area contributed by atoms with Crippen LogP contribution in [0.25, 0.3) is 0 Å². The maximum atomic E-state index is 12.6. The summed E-state index contributed by atoms with van der Waals surface area (Å²) in [6.45, 7) is 2.53. The minimum atomic E-state index is -1.52. The number of aliphatic hydroxyl groups excluding tert-OH is 3. The van der Waals surface area contributed by atoms with Crippen molar-refractivity contribution in [2.75, 3.05) is 40.0 Å². The van der Waals surface area contributed by atoms with E-state index in [4.69, 9.17) is 34.1 Å². The fraction of sp³-hybridized carbons (Fsp3) is 0.679. The fourth-order valence-corrected chi connectivity index (χ4v) is 5.17. The van der Waals surface area contributed by atoms with Crippen LogP contribution in [0.1, 0.15) is 43.7 Å². The molecular weight excluding hydrogens is 616 g/mol. The Morgan fingerprint density at radius 1 is 1.18 bits per heavy atom. The number of aryl methyl sites for hydroxylation is 1. The maximum Gasteiger partial charge on any atom is 0.404 e. The van der Waals surface area contributed by atoms with Crippen molar-refractivity contribution < 1.29 is 58.0 Å². The number of hydrogen-bond donors (Lipinski definition) is 6. The molecular formula is C28H44N4O12S. The molecule has 7 N–H and O–H groups in total. The highest BCUT2D eigenvalue weighted by Gasteiger charge is 2.43. The van der Waals surface area contributed by atoms with Crippen molar-refractivity contribution in [2.45, 2.75) is 82.4 Å². The lowest BCUT2D eigenvalue weighted by atomic mass is 10.00. The van der Waals surface area contributed by atoms with Gasteiger partial charge in [-0.1, -0.05) is 12.1 Å². The molecule has 16 nitrogen and oxygen atoms in total. The molecule has 0 radical (unpaired) electrons. The van der Waals surface area contributed by atoms with Crippen LogP contribution < -0.4 is 15.8 Å². The molecule has 0 spiro atoms. The molecule has 17 heteroatoms. The van der Waals surface area contributed by atoms with Gasteiger partial charge in [0.05, 0.1) is 38.5 Å². The van der Waals surface area contributed by atoms with E-state index in [0.717, 1.165) is 22.3 Å². The summed E-state index contributed by atoms with van der Waals surface area (Å²) in [5.41, 5.74) is 6.41. The first kappa shape index (κ1) is 36.7. The Morgan fingerprint density at radius 2 is 1.96 bits per heavy atom. The number of nitrogens with two attached hydrogens (primary N) is 1. The van der Waals surface area contributed by atoms with Gasteiger partial charge >= 0.3 is 6.09 Å². The number of primary amides is 1. The summed E-state index contributed by atoms with van der Waals surface area (Å²) in [6, 6.07) is 5.02. The van der Waals surface area contributed by atoms with Gasteiger partial charge in [0, 0.05) is 25.6 Å². The number of likely N-dealkylation sites (tertiary alicyclic amines) is 1. The number of nitrogens with one attached hydrogen (secondary N) is 1. The van der Waals surface area contributed by atoms with Gasteiger partial charge in [-0.15, -0.1) is 4.47 Å². The zero-order valence-electron chi connectivity index (χ0n) is 25.4. The lowest BCUT2D eigenvalue weighted by Crippen LogP contribution is -2.58. The maximum absolute atomic E-state index is 12.6. The van der Waals surface area contributed by atoms with Crippen molar-refractivity contribution >= 4 is 30.1 Å². The lowest BCUT2D eigenvalue weighted by Gasteiger charge is -2.39. The molecule has 0 aromatic heterocycles. The standard InChI is InChI=1S/C28H44N4O12S/c1-17-24(35)25(36)26(37)27(43-17)44-21-13-18(6-7-19(21)15-41-28(29)38)5-3-4-10-30-22(33)14-32-20(8-9-23(32)34)16-40-11-12-42-45-31(2)39/h6-7,13,17,20,24-27,35-37,39H,3-5,8-12,14-16H2,1-2H3,(H2,29,38)(H,30,33)/t17?,20-,24+,25-,26+,27?/m0/s1. The number of unbranched alkanes of at least 4 members (excludes halogenated alkanes) is 1. The predicted molar refractivity (Wildman–Crippen MR) is 158 cm³/mol. The van der Waals surface area contributed by atoms with Gasteiger partial charge in [0.2, 0.25) is 18.1 Å². The smallest absolute Gasteiger partial charge is 0.404 e. The Hall–Kier alpha value is -2.74. The van der Waals surface area contributed by atoms with E-state index in [-0.39, 0.29) is 56.6 Å². The number of ether oxygens (including phenoxy) is 4. The first-order valence-electron chi connectivity index (χ1n) is 14.7. The van der Waals surface area contributed by atoms with Crippen LogP contribution in [-0.2, 0) is 41.0 Å². The largest absolute Gasteiger partial charge is 0.462 e. The van der Waals surface area contributed by atoms with E-state index in [1.165, 1.54) is 18.9 Å². The number of amides is 3. The summed E-state index contributed by atoms with van der Waals surface area (Å²) < 4.78 is 27.8. The Kier molecular flexibility index (Phi) is 15.0. The molecule has 3 rings (SSSR count). The molecule has 6 atom stereocenters. The monoisotopic (exact) mass is 660 g/mol. The highest BCUT2D eigenvalue weighted by atomic mass is 32.2. The number of nitrogens with zero attached hydrogens (tertiary/aromatic N) is 2. The summed E-state index contributed by atoms with van der Waals surface area (Å²) in [7, 11) is 1.43. The number of hydroxylamine groups is 1. The third kappa shape index (κ3) is 11.8. The first-order valence-corrected chi connectivity index (χ1v) is 15.4. The highest BCUT2D eigenvalue weighted by molar-refractivity contribution is 7.92. The van der Waals surface area contributed by atoms with Crippen molar-refractivity contribution in [1.82, 2.24) is 14.7 Å². The number of benzene rings is 1. The minimum Gasteiger partial charge on any atom is -0.462 e. The van der Waals surface area contributed by atoms with E-state index in [9.17, 15) is 29.7 Å². The van der Waals surface area contributed by atoms with E-state index >= 15 is 0 Å². The van der Waals surface area contributed by atoms with E-state index in [1.807, 2.05) is 6.07 Å². The van der Waals surface area contributed by atoms with E-state index in [0.29, 0.717) is 44.2 Å². The molecule has 0 saturated carbocycles. The van der Waals surface area contributed by atoms with E-state index in [2.05, 4.69) is 5.32 Å². The van der Waals surface area contributed by atoms with Crippen LogP contribution in [0.15, 0.2) is 18.2 Å². The second-order valence-electron chi connectivity index (χ2n) is 10.8. The van der Waals surface area contributed by atoms with Gasteiger partial charge in [0.15, 0.2) is 0 Å². The number of rotatable bonds is 18. The summed E-state index contributed by atoms with van der Waals surface area (Å²) in [5.74, 6) is -0.107. The summed E-state index contributed by atoms with van der Waals surface area (Å²) in [4.78, 5) is 37.6. The Balaban J connectivity index is 1.44. The van der Waals surface area contributed by atoms with Gasteiger partial charge in [-0.25, -0.2) is 4.79 Å². The SMILES string of the molecule is CC1OC(Oc2cc(CCCCNC(=O)CN3C(=O)CC[C@H]3COCCOSN(C)O)ccc2COC(N)=O)[C@H](O)[C@@H](O)[C@@H]1O. The zero-order chi connectivity index (χ0) is 32.9. The average Bonchev–Trinajstić information content (AvgIpc) is 3.33.